The summed E-state index contributed by atoms with van der Waals surface area (Å²) < 4.78 is 51.3. The molecule has 6 N–H and O–H groups in total. The lowest BCUT2D eigenvalue weighted by molar-refractivity contribution is -0.231. The second kappa shape index (κ2) is 15.1. The Labute approximate surface area is 256 Å². The third-order valence-corrected chi connectivity index (χ3v) is 7.97. The molecule has 0 bridgehead atoms. The van der Waals surface area contributed by atoms with E-state index in [4.69, 9.17) is 18.9 Å². The van der Waals surface area contributed by atoms with E-state index in [0.717, 1.165) is 12.5 Å². The van der Waals surface area contributed by atoms with Crippen LogP contribution in [0.4, 0.5) is 5.69 Å². The van der Waals surface area contributed by atoms with Crippen LogP contribution in [0.3, 0.4) is 0 Å². The van der Waals surface area contributed by atoms with Crippen LogP contribution >= 0.6 is 0 Å². The van der Waals surface area contributed by atoms with Gasteiger partial charge in [0.2, 0.25) is 16.8 Å². The largest absolute Gasteiger partial charge is 0.454 e. The van der Waals surface area contributed by atoms with Crippen molar-refractivity contribution in [1.82, 2.24) is 4.72 Å². The van der Waals surface area contributed by atoms with Crippen molar-refractivity contribution in [3.63, 3.8) is 0 Å². The number of unbranched alkanes of at least 4 members (excludes halogenated alkanes) is 1. The highest BCUT2D eigenvalue weighted by Gasteiger charge is 2.45. The van der Waals surface area contributed by atoms with Crippen molar-refractivity contribution in [1.29, 1.82) is 0 Å². The number of hydrogen-bond acceptors (Lipinski definition) is 13. The molecule has 1 saturated heterocycles. The van der Waals surface area contributed by atoms with Crippen molar-refractivity contribution in [3.8, 4) is 11.5 Å². The third kappa shape index (κ3) is 8.88. The van der Waals surface area contributed by atoms with Gasteiger partial charge in [0.25, 0.3) is 0 Å². The number of hydrogen-bond donors (Lipinski definition) is 6. The van der Waals surface area contributed by atoms with Crippen LogP contribution in [0, 0.1) is 5.41 Å². The average Bonchev–Trinajstić information content (AvgIpc) is 2.97. The molecule has 14 nitrogen and oxygen atoms in total. The first-order valence-electron chi connectivity index (χ1n) is 14.0. The van der Waals surface area contributed by atoms with Crippen LogP contribution in [-0.2, 0) is 29.0 Å². The van der Waals surface area contributed by atoms with Gasteiger partial charge < -0.3 is 44.7 Å². The molecule has 1 unspecified atom stereocenters. The second-order valence-electron chi connectivity index (χ2n) is 11.1. The number of nitrogens with one attached hydrogen (secondary N) is 2. The first-order valence-corrected chi connectivity index (χ1v) is 15.5. The van der Waals surface area contributed by atoms with E-state index in [0.29, 0.717) is 13.0 Å². The Morgan fingerprint density at radius 2 is 1.68 bits per heavy atom. The number of esters is 2. The number of aliphatic hydroxyl groups excluding tert-OH is 4. The van der Waals surface area contributed by atoms with Crippen LogP contribution in [0.1, 0.15) is 50.9 Å². The predicted molar refractivity (Wildman–Crippen MR) is 156 cm³/mol. The maximum atomic E-state index is 13.9. The summed E-state index contributed by atoms with van der Waals surface area (Å²) in [7, 11) is -4.75. The topological polar surface area (TPSA) is 210 Å². The Balaban J connectivity index is 2.06. The molecule has 1 fully saturated rings. The minimum Gasteiger partial charge on any atom is -0.454 e. The van der Waals surface area contributed by atoms with Crippen molar-refractivity contribution in [2.75, 3.05) is 25.3 Å². The van der Waals surface area contributed by atoms with E-state index in [2.05, 4.69) is 10.0 Å². The summed E-state index contributed by atoms with van der Waals surface area (Å²) in [6.45, 7) is 5.70. The monoisotopic (exact) mass is 640 g/mol. The van der Waals surface area contributed by atoms with Gasteiger partial charge in [-0.3, -0.25) is 4.79 Å². The Morgan fingerprint density at radius 3 is 2.30 bits per heavy atom. The fourth-order valence-electron chi connectivity index (χ4n) is 4.01. The van der Waals surface area contributed by atoms with Gasteiger partial charge in [-0.2, -0.15) is 4.72 Å². The van der Waals surface area contributed by atoms with Crippen molar-refractivity contribution in [3.05, 3.63) is 48.0 Å². The molecule has 0 saturated carbocycles. The standard InChI is InChI=1S/C29H40N2O12S/c1-5-6-12-30-19-13-17(27(36)40-16-41-28(37)29(2,3)4)14-21(25(19)42-18-10-8-7-9-11-18)44(38,39)31-26-24(35)23(34)22(33)20(15-32)43-26/h7-11,13-14,20,22-24,26,30-35H,5-6,12,15-16H2,1-4H3/t20-,22-,23+,24-,26?/m1/s1. The van der Waals surface area contributed by atoms with Crippen molar-refractivity contribution < 1.29 is 57.4 Å². The molecule has 0 radical (unpaired) electrons. The van der Waals surface area contributed by atoms with Crippen LogP contribution in [0.25, 0.3) is 0 Å². The number of benzene rings is 2. The van der Waals surface area contributed by atoms with Crippen LogP contribution in [0.2, 0.25) is 0 Å². The molecule has 244 valence electrons. The quantitative estimate of drug-likeness (QED) is 0.104. The molecule has 3 rings (SSSR count). The number of carbonyl (C=O) groups excluding carboxylic acids is 2. The molecule has 0 aliphatic carbocycles. The van der Waals surface area contributed by atoms with Gasteiger partial charge in [0.1, 0.15) is 35.1 Å². The van der Waals surface area contributed by atoms with E-state index < -0.39 is 76.3 Å². The molecular weight excluding hydrogens is 600 g/mol. The number of aliphatic hydroxyl groups is 4. The fourth-order valence-corrected chi connectivity index (χ4v) is 5.32. The molecule has 2 aromatic rings. The minimum atomic E-state index is -4.75. The number of ether oxygens (including phenoxy) is 4. The molecule has 0 amide bonds. The zero-order chi connectivity index (χ0) is 32.7. The van der Waals surface area contributed by atoms with Crippen LogP contribution in [0.5, 0.6) is 11.5 Å². The van der Waals surface area contributed by atoms with Gasteiger partial charge in [0.15, 0.2) is 12.0 Å². The first-order chi connectivity index (χ1) is 20.7. The lowest BCUT2D eigenvalue weighted by Crippen LogP contribution is -2.63. The van der Waals surface area contributed by atoms with Crippen LogP contribution < -0.4 is 14.8 Å². The molecule has 0 spiro atoms. The summed E-state index contributed by atoms with van der Waals surface area (Å²) in [4.78, 5) is 24.6. The van der Waals surface area contributed by atoms with Gasteiger partial charge in [-0.25, -0.2) is 13.2 Å². The lowest BCUT2D eigenvalue weighted by atomic mass is 9.98. The molecule has 5 atom stereocenters. The van der Waals surface area contributed by atoms with E-state index in [1.54, 1.807) is 51.1 Å². The summed E-state index contributed by atoms with van der Waals surface area (Å²) in [5.41, 5.74) is -0.987. The van der Waals surface area contributed by atoms with Gasteiger partial charge in [0.05, 0.1) is 23.3 Å². The first kappa shape index (κ1) is 35.2. The molecule has 2 aromatic carbocycles. The molecule has 1 heterocycles. The van der Waals surface area contributed by atoms with Gasteiger partial charge in [-0.05, 0) is 51.5 Å². The number of sulfonamides is 1. The maximum Gasteiger partial charge on any atom is 0.341 e. The Bertz CT molecular complexity index is 1380. The fraction of sp³-hybridized carbons (Fsp3) is 0.517. The van der Waals surface area contributed by atoms with Crippen molar-refractivity contribution >= 4 is 27.6 Å². The molecule has 1 aliphatic rings. The summed E-state index contributed by atoms with van der Waals surface area (Å²) >= 11 is 0. The SMILES string of the molecule is CCCCNc1cc(C(=O)OCOC(=O)C(C)(C)C)cc(S(=O)(=O)NC2O[C@H](CO)[C@@H](O)[C@H](O)[C@H]2O)c1Oc1ccccc1. The van der Waals surface area contributed by atoms with E-state index in [-0.39, 0.29) is 22.7 Å². The lowest BCUT2D eigenvalue weighted by Gasteiger charge is -2.40. The highest BCUT2D eigenvalue weighted by Crippen LogP contribution is 2.38. The summed E-state index contributed by atoms with van der Waals surface area (Å²) in [5, 5.41) is 43.4. The molecule has 44 heavy (non-hydrogen) atoms. The predicted octanol–water partition coefficient (Wildman–Crippen LogP) is 1.47. The number of anilines is 1. The zero-order valence-corrected chi connectivity index (χ0v) is 25.7. The van der Waals surface area contributed by atoms with Gasteiger partial charge in [-0.1, -0.05) is 31.5 Å². The molecule has 15 heteroatoms. The zero-order valence-electron chi connectivity index (χ0n) is 24.9. The van der Waals surface area contributed by atoms with Crippen molar-refractivity contribution in [2.45, 2.75) is 76.1 Å². The minimum absolute atomic E-state index is 0.109. The Morgan fingerprint density at radius 1 is 1.00 bits per heavy atom. The summed E-state index contributed by atoms with van der Waals surface area (Å²) in [6, 6.07) is 10.6. The summed E-state index contributed by atoms with van der Waals surface area (Å²) in [6.07, 6.45) is -7.19. The number of carbonyl (C=O) groups is 2. The second-order valence-corrected chi connectivity index (χ2v) is 12.8. The smallest absolute Gasteiger partial charge is 0.341 e. The molecular formula is C29H40N2O12S. The Kier molecular flexibility index (Phi) is 12.1. The highest BCUT2D eigenvalue weighted by atomic mass is 32.2. The highest BCUT2D eigenvalue weighted by molar-refractivity contribution is 7.89. The normalized spacial score (nSPS) is 22.2. The third-order valence-electron chi connectivity index (χ3n) is 6.54. The van der Waals surface area contributed by atoms with Crippen molar-refractivity contribution in [2.24, 2.45) is 5.41 Å². The molecule has 0 aromatic heterocycles. The number of rotatable bonds is 13. The van der Waals surface area contributed by atoms with Gasteiger partial charge >= 0.3 is 11.9 Å². The van der Waals surface area contributed by atoms with Gasteiger partial charge in [0, 0.05) is 6.54 Å². The van der Waals surface area contributed by atoms with E-state index in [1.165, 1.54) is 6.07 Å². The summed E-state index contributed by atoms with van der Waals surface area (Å²) in [5.74, 6) is -1.58. The van der Waals surface area contributed by atoms with Gasteiger partial charge in [-0.15, -0.1) is 0 Å². The average molecular weight is 641 g/mol. The maximum absolute atomic E-state index is 13.9. The number of para-hydroxylation sites is 1. The van der Waals surface area contributed by atoms with E-state index >= 15 is 0 Å². The molecule has 1 aliphatic heterocycles. The van der Waals surface area contributed by atoms with Crippen LogP contribution in [0.15, 0.2) is 47.4 Å². The Hall–Kier alpha value is -3.31. The van der Waals surface area contributed by atoms with E-state index in [9.17, 15) is 38.4 Å². The van der Waals surface area contributed by atoms with Crippen LogP contribution in [-0.4, -0.2) is 91.4 Å². The van der Waals surface area contributed by atoms with E-state index in [1.807, 2.05) is 6.92 Å².